The lowest BCUT2D eigenvalue weighted by atomic mass is 9.97. The number of rotatable bonds is 4. The van der Waals surface area contributed by atoms with Gasteiger partial charge in [-0.05, 0) is 50.2 Å². The molecule has 1 aromatic carbocycles. The highest BCUT2D eigenvalue weighted by Gasteiger charge is 2.48. The molecule has 1 nitrogen and oxygen atoms in total. The van der Waals surface area contributed by atoms with Crippen molar-refractivity contribution in [2.75, 3.05) is 6.61 Å². The molecule has 0 radical (unpaired) electrons. The summed E-state index contributed by atoms with van der Waals surface area (Å²) >= 11 is 2.04. The van der Waals surface area contributed by atoms with Gasteiger partial charge in [0.25, 0.3) is 0 Å². The smallest absolute Gasteiger partial charge is 0.0727 e. The minimum atomic E-state index is 0.504. The largest absolute Gasteiger partial charge is 0.377 e. The maximum atomic E-state index is 6.00. The zero-order valence-electron chi connectivity index (χ0n) is 10.3. The van der Waals surface area contributed by atoms with Crippen LogP contribution in [-0.2, 0) is 4.74 Å². The van der Waals surface area contributed by atoms with E-state index in [9.17, 15) is 0 Å². The Morgan fingerprint density at radius 3 is 2.71 bits per heavy atom. The summed E-state index contributed by atoms with van der Waals surface area (Å²) in [5.41, 5.74) is 0. The first-order valence-electron chi connectivity index (χ1n) is 6.71. The zero-order chi connectivity index (χ0) is 11.7. The van der Waals surface area contributed by atoms with Crippen LogP contribution < -0.4 is 0 Å². The van der Waals surface area contributed by atoms with Crippen molar-refractivity contribution in [2.24, 2.45) is 11.8 Å². The molecule has 17 heavy (non-hydrogen) atoms. The molecule has 2 aliphatic rings. The van der Waals surface area contributed by atoms with Gasteiger partial charge < -0.3 is 4.74 Å². The van der Waals surface area contributed by atoms with Crippen LogP contribution in [-0.4, -0.2) is 18.0 Å². The first-order valence-corrected chi connectivity index (χ1v) is 7.59. The number of hydrogen-bond acceptors (Lipinski definition) is 2. The molecule has 0 heterocycles. The third-order valence-electron chi connectivity index (χ3n) is 4.14. The van der Waals surface area contributed by atoms with Gasteiger partial charge >= 0.3 is 0 Å². The molecule has 0 aromatic heterocycles. The Labute approximate surface area is 108 Å². The van der Waals surface area contributed by atoms with Crippen LogP contribution in [0.1, 0.15) is 26.2 Å². The van der Waals surface area contributed by atoms with Crippen molar-refractivity contribution in [2.45, 2.75) is 42.4 Å². The number of hydrogen-bond donors (Lipinski definition) is 0. The van der Waals surface area contributed by atoms with Gasteiger partial charge in [0.05, 0.1) is 6.10 Å². The molecule has 0 saturated heterocycles. The Balaban J connectivity index is 1.73. The van der Waals surface area contributed by atoms with Crippen molar-refractivity contribution in [1.82, 2.24) is 0 Å². The maximum absolute atomic E-state index is 6.00. The molecule has 2 bridgehead atoms. The van der Waals surface area contributed by atoms with Crippen molar-refractivity contribution in [3.63, 3.8) is 0 Å². The Bertz CT molecular complexity index is 364. The number of thioether (sulfide) groups is 1. The molecule has 4 atom stereocenters. The summed E-state index contributed by atoms with van der Waals surface area (Å²) in [7, 11) is 0. The average molecular weight is 248 g/mol. The molecular weight excluding hydrogens is 228 g/mol. The molecule has 0 N–H and O–H groups in total. The van der Waals surface area contributed by atoms with E-state index >= 15 is 0 Å². The Morgan fingerprint density at radius 1 is 1.18 bits per heavy atom. The van der Waals surface area contributed by atoms with Gasteiger partial charge in [-0.3, -0.25) is 0 Å². The summed E-state index contributed by atoms with van der Waals surface area (Å²) in [6.45, 7) is 2.98. The second kappa shape index (κ2) is 5.03. The highest BCUT2D eigenvalue weighted by molar-refractivity contribution is 8.00. The van der Waals surface area contributed by atoms with Crippen LogP contribution in [0.25, 0.3) is 0 Å². The van der Waals surface area contributed by atoms with Gasteiger partial charge in [0.1, 0.15) is 0 Å². The minimum Gasteiger partial charge on any atom is -0.377 e. The molecule has 0 aliphatic heterocycles. The third-order valence-corrected chi connectivity index (χ3v) is 5.61. The van der Waals surface area contributed by atoms with Gasteiger partial charge in [0.2, 0.25) is 0 Å². The minimum absolute atomic E-state index is 0.504. The number of fused-ring (bicyclic) bond motifs is 2. The summed E-state index contributed by atoms with van der Waals surface area (Å²) in [5, 5.41) is 0.691. The highest BCUT2D eigenvalue weighted by Crippen LogP contribution is 2.52. The van der Waals surface area contributed by atoms with Gasteiger partial charge in [-0.1, -0.05) is 18.2 Å². The van der Waals surface area contributed by atoms with Crippen molar-refractivity contribution >= 4 is 11.8 Å². The lowest BCUT2D eigenvalue weighted by molar-refractivity contribution is 0.0287. The Hall–Kier alpha value is -0.470. The van der Waals surface area contributed by atoms with Gasteiger partial charge in [-0.25, -0.2) is 0 Å². The Morgan fingerprint density at radius 2 is 1.94 bits per heavy atom. The summed E-state index contributed by atoms with van der Waals surface area (Å²) in [6, 6.07) is 10.8. The standard InChI is InChI=1S/C15H20OS/c1-2-16-14-11-8-9-12(10-11)15(14)17-13-6-4-3-5-7-13/h3-7,11-12,14-15H,2,8-10H2,1H3. The lowest BCUT2D eigenvalue weighted by Crippen LogP contribution is -2.32. The van der Waals surface area contributed by atoms with E-state index in [0.717, 1.165) is 18.4 Å². The van der Waals surface area contributed by atoms with E-state index in [-0.39, 0.29) is 0 Å². The van der Waals surface area contributed by atoms with Crippen molar-refractivity contribution in [3.8, 4) is 0 Å². The monoisotopic (exact) mass is 248 g/mol. The van der Waals surface area contributed by atoms with E-state index in [4.69, 9.17) is 4.74 Å². The first-order chi connectivity index (χ1) is 8.38. The molecule has 2 saturated carbocycles. The van der Waals surface area contributed by atoms with E-state index in [1.54, 1.807) is 0 Å². The summed E-state index contributed by atoms with van der Waals surface area (Å²) in [6.07, 6.45) is 4.71. The molecule has 2 heteroatoms. The van der Waals surface area contributed by atoms with Crippen LogP contribution >= 0.6 is 11.8 Å². The highest BCUT2D eigenvalue weighted by atomic mass is 32.2. The SMILES string of the molecule is CCOC1C2CCC(C2)C1Sc1ccccc1. The molecule has 1 aromatic rings. The average Bonchev–Trinajstić information content (AvgIpc) is 2.94. The molecule has 4 unspecified atom stereocenters. The topological polar surface area (TPSA) is 9.23 Å². The van der Waals surface area contributed by atoms with E-state index < -0.39 is 0 Å². The van der Waals surface area contributed by atoms with Crippen LogP contribution in [0.5, 0.6) is 0 Å². The third kappa shape index (κ3) is 2.25. The van der Waals surface area contributed by atoms with Crippen LogP contribution in [0, 0.1) is 11.8 Å². The molecule has 3 rings (SSSR count). The van der Waals surface area contributed by atoms with Crippen molar-refractivity contribution in [3.05, 3.63) is 30.3 Å². The molecule has 0 amide bonds. The second-order valence-corrected chi connectivity index (χ2v) is 6.40. The fraction of sp³-hybridized carbons (Fsp3) is 0.600. The molecular formula is C15H20OS. The summed E-state index contributed by atoms with van der Waals surface area (Å²) in [5.74, 6) is 1.72. The van der Waals surface area contributed by atoms with E-state index in [1.165, 1.54) is 24.2 Å². The fourth-order valence-corrected chi connectivity index (χ4v) is 4.93. The predicted octanol–water partition coefficient (Wildman–Crippen LogP) is 3.98. The quantitative estimate of drug-likeness (QED) is 0.797. The number of ether oxygens (including phenoxy) is 1. The van der Waals surface area contributed by atoms with Crippen LogP contribution in [0.4, 0.5) is 0 Å². The normalized spacial score (nSPS) is 35.4. The van der Waals surface area contributed by atoms with Gasteiger partial charge in [0.15, 0.2) is 0 Å². The van der Waals surface area contributed by atoms with Gasteiger partial charge in [-0.15, -0.1) is 11.8 Å². The summed E-state index contributed by atoms with van der Waals surface area (Å²) < 4.78 is 6.00. The van der Waals surface area contributed by atoms with E-state index in [2.05, 4.69) is 37.3 Å². The molecule has 2 fully saturated rings. The first kappa shape index (κ1) is 11.6. The van der Waals surface area contributed by atoms with E-state index in [0.29, 0.717) is 11.4 Å². The Kier molecular flexibility index (Phi) is 3.44. The predicted molar refractivity (Wildman–Crippen MR) is 72.3 cm³/mol. The summed E-state index contributed by atoms with van der Waals surface area (Å²) in [4.78, 5) is 1.40. The zero-order valence-corrected chi connectivity index (χ0v) is 11.2. The van der Waals surface area contributed by atoms with E-state index in [1.807, 2.05) is 11.8 Å². The van der Waals surface area contributed by atoms with Gasteiger partial charge in [0, 0.05) is 16.8 Å². The number of benzene rings is 1. The lowest BCUT2D eigenvalue weighted by Gasteiger charge is -2.30. The fourth-order valence-electron chi connectivity index (χ4n) is 3.43. The molecule has 2 aliphatic carbocycles. The molecule has 0 spiro atoms. The van der Waals surface area contributed by atoms with Crippen LogP contribution in [0.15, 0.2) is 35.2 Å². The van der Waals surface area contributed by atoms with Crippen LogP contribution in [0.2, 0.25) is 0 Å². The maximum Gasteiger partial charge on any atom is 0.0727 e. The van der Waals surface area contributed by atoms with Crippen molar-refractivity contribution in [1.29, 1.82) is 0 Å². The second-order valence-electron chi connectivity index (χ2n) is 5.15. The van der Waals surface area contributed by atoms with Crippen LogP contribution in [0.3, 0.4) is 0 Å². The molecule has 92 valence electrons. The van der Waals surface area contributed by atoms with Gasteiger partial charge in [-0.2, -0.15) is 0 Å². The van der Waals surface area contributed by atoms with Crippen molar-refractivity contribution < 1.29 is 4.74 Å².